The van der Waals surface area contributed by atoms with Crippen LogP contribution >= 0.6 is 11.3 Å². The molecule has 2 heterocycles. The molecular weight excluding hydrogens is 232 g/mol. The molecule has 0 aromatic carbocycles. The third-order valence-corrected chi connectivity index (χ3v) is 5.77. The van der Waals surface area contributed by atoms with Crippen LogP contribution in [0.5, 0.6) is 0 Å². The fourth-order valence-electron chi connectivity index (χ4n) is 1.97. The maximum Gasteiger partial charge on any atom is 0.150 e. The normalized spacial score (nSPS) is 26.7. The summed E-state index contributed by atoms with van der Waals surface area (Å²) in [5.41, 5.74) is 1.05. The molecular formula is C10H14O3S2. The Balaban J connectivity index is 2.17. The number of thiophene rings is 1. The van der Waals surface area contributed by atoms with E-state index in [2.05, 4.69) is 0 Å². The molecule has 3 nitrogen and oxygen atoms in total. The first-order valence-corrected chi connectivity index (χ1v) is 7.62. The van der Waals surface area contributed by atoms with Crippen LogP contribution in [0, 0.1) is 12.8 Å². The Morgan fingerprint density at radius 3 is 2.80 bits per heavy atom. The zero-order valence-corrected chi connectivity index (χ0v) is 10.1. The third kappa shape index (κ3) is 2.24. The predicted molar refractivity (Wildman–Crippen MR) is 60.8 cm³/mol. The molecule has 1 fully saturated rings. The topological polar surface area (TPSA) is 54.4 Å². The minimum Gasteiger partial charge on any atom is -0.387 e. The van der Waals surface area contributed by atoms with Crippen molar-refractivity contribution in [2.24, 2.45) is 5.92 Å². The lowest BCUT2D eigenvalue weighted by molar-refractivity contribution is 0.124. The number of sulfone groups is 1. The SMILES string of the molecule is Cc1ccsc1C(O)C1CCS(=O)(=O)C1. The molecule has 5 heteroatoms. The average molecular weight is 246 g/mol. The van der Waals surface area contributed by atoms with Crippen molar-refractivity contribution in [1.82, 2.24) is 0 Å². The van der Waals surface area contributed by atoms with Crippen LogP contribution in [0.15, 0.2) is 11.4 Å². The van der Waals surface area contributed by atoms with Crippen LogP contribution in [-0.4, -0.2) is 25.0 Å². The van der Waals surface area contributed by atoms with Gasteiger partial charge in [-0.2, -0.15) is 0 Å². The van der Waals surface area contributed by atoms with Gasteiger partial charge in [-0.1, -0.05) is 0 Å². The summed E-state index contributed by atoms with van der Waals surface area (Å²) in [5, 5.41) is 12.0. The van der Waals surface area contributed by atoms with Gasteiger partial charge in [0.25, 0.3) is 0 Å². The maximum absolute atomic E-state index is 11.3. The molecule has 1 aliphatic heterocycles. The summed E-state index contributed by atoms with van der Waals surface area (Å²) in [6, 6.07) is 1.95. The molecule has 0 amide bonds. The Bertz CT molecular complexity index is 447. The predicted octanol–water partition coefficient (Wildman–Crippen LogP) is 1.52. The van der Waals surface area contributed by atoms with Crippen molar-refractivity contribution < 1.29 is 13.5 Å². The molecule has 1 N–H and O–H groups in total. The van der Waals surface area contributed by atoms with Gasteiger partial charge in [0, 0.05) is 10.8 Å². The monoisotopic (exact) mass is 246 g/mol. The molecule has 0 spiro atoms. The molecule has 2 unspecified atom stereocenters. The Morgan fingerprint density at radius 1 is 1.60 bits per heavy atom. The maximum atomic E-state index is 11.3. The smallest absolute Gasteiger partial charge is 0.150 e. The van der Waals surface area contributed by atoms with E-state index in [1.807, 2.05) is 18.4 Å². The van der Waals surface area contributed by atoms with E-state index in [9.17, 15) is 13.5 Å². The third-order valence-electron chi connectivity index (χ3n) is 2.88. The van der Waals surface area contributed by atoms with Crippen LogP contribution in [0.3, 0.4) is 0 Å². The first-order chi connectivity index (χ1) is 6.99. The van der Waals surface area contributed by atoms with Crippen molar-refractivity contribution in [3.05, 3.63) is 21.9 Å². The number of hydrogen-bond donors (Lipinski definition) is 1. The summed E-state index contributed by atoms with van der Waals surface area (Å²) in [4.78, 5) is 0.914. The molecule has 15 heavy (non-hydrogen) atoms. The second-order valence-corrected chi connectivity index (χ2v) is 7.25. The zero-order chi connectivity index (χ0) is 11.1. The number of rotatable bonds is 2. The molecule has 2 rings (SSSR count). The Labute approximate surface area is 93.7 Å². The van der Waals surface area contributed by atoms with E-state index in [-0.39, 0.29) is 17.4 Å². The minimum absolute atomic E-state index is 0.118. The standard InChI is InChI=1S/C10H14O3S2/c1-7-2-4-14-10(7)9(11)8-3-5-15(12,13)6-8/h2,4,8-9,11H,3,5-6H2,1H3. The highest BCUT2D eigenvalue weighted by Crippen LogP contribution is 2.35. The second-order valence-electron chi connectivity index (χ2n) is 4.08. The summed E-state index contributed by atoms with van der Waals surface area (Å²) < 4.78 is 22.6. The Hall–Kier alpha value is -0.390. The van der Waals surface area contributed by atoms with Gasteiger partial charge in [-0.15, -0.1) is 11.3 Å². The first-order valence-electron chi connectivity index (χ1n) is 4.92. The molecule has 1 saturated heterocycles. The fraction of sp³-hybridized carbons (Fsp3) is 0.600. The largest absolute Gasteiger partial charge is 0.387 e. The number of aliphatic hydroxyl groups is 1. The molecule has 1 aromatic heterocycles. The highest BCUT2D eigenvalue weighted by atomic mass is 32.2. The lowest BCUT2D eigenvalue weighted by Gasteiger charge is -2.15. The first kappa shape index (κ1) is 11.1. The van der Waals surface area contributed by atoms with E-state index < -0.39 is 15.9 Å². The molecule has 1 aromatic rings. The van der Waals surface area contributed by atoms with Gasteiger partial charge in [-0.05, 0) is 30.4 Å². The average Bonchev–Trinajstić information content (AvgIpc) is 2.71. The molecule has 0 saturated carbocycles. The van der Waals surface area contributed by atoms with Crippen molar-refractivity contribution >= 4 is 21.2 Å². The molecule has 2 atom stereocenters. The minimum atomic E-state index is -2.90. The summed E-state index contributed by atoms with van der Waals surface area (Å²) in [7, 11) is -2.90. The molecule has 84 valence electrons. The van der Waals surface area contributed by atoms with Crippen LogP contribution in [0.4, 0.5) is 0 Å². The summed E-state index contributed by atoms with van der Waals surface area (Å²) >= 11 is 1.50. The molecule has 0 aliphatic carbocycles. The van der Waals surface area contributed by atoms with Gasteiger partial charge in [0.1, 0.15) is 0 Å². The van der Waals surface area contributed by atoms with Gasteiger partial charge >= 0.3 is 0 Å². The van der Waals surface area contributed by atoms with Crippen LogP contribution in [0.2, 0.25) is 0 Å². The number of aliphatic hydroxyl groups excluding tert-OH is 1. The highest BCUT2D eigenvalue weighted by molar-refractivity contribution is 7.91. The van der Waals surface area contributed by atoms with Crippen LogP contribution in [0.25, 0.3) is 0 Å². The van der Waals surface area contributed by atoms with Gasteiger partial charge in [-0.25, -0.2) is 8.42 Å². The van der Waals surface area contributed by atoms with Gasteiger partial charge < -0.3 is 5.11 Å². The van der Waals surface area contributed by atoms with E-state index in [1.54, 1.807) is 0 Å². The van der Waals surface area contributed by atoms with Gasteiger partial charge in [0.05, 0.1) is 17.6 Å². The Morgan fingerprint density at radius 2 is 2.33 bits per heavy atom. The van der Waals surface area contributed by atoms with Gasteiger partial charge in [0.15, 0.2) is 9.84 Å². The zero-order valence-electron chi connectivity index (χ0n) is 8.51. The van der Waals surface area contributed by atoms with Crippen molar-refractivity contribution in [3.63, 3.8) is 0 Å². The van der Waals surface area contributed by atoms with Crippen molar-refractivity contribution in [2.45, 2.75) is 19.4 Å². The molecule has 0 bridgehead atoms. The Kier molecular flexibility index (Phi) is 2.87. The van der Waals surface area contributed by atoms with Crippen molar-refractivity contribution in [2.75, 3.05) is 11.5 Å². The molecule has 1 aliphatic rings. The molecule has 0 radical (unpaired) electrons. The number of aryl methyl sites for hydroxylation is 1. The van der Waals surface area contributed by atoms with Gasteiger partial charge in [-0.3, -0.25) is 0 Å². The summed E-state index contributed by atoms with van der Waals surface area (Å²) in [6.07, 6.45) is -0.0248. The van der Waals surface area contributed by atoms with E-state index in [1.165, 1.54) is 11.3 Å². The fourth-order valence-corrected chi connectivity index (χ4v) is 4.81. The lowest BCUT2D eigenvalue weighted by Crippen LogP contribution is -2.13. The quantitative estimate of drug-likeness (QED) is 0.861. The highest BCUT2D eigenvalue weighted by Gasteiger charge is 2.34. The second kappa shape index (κ2) is 3.88. The van der Waals surface area contributed by atoms with E-state index in [4.69, 9.17) is 0 Å². The summed E-state index contributed by atoms with van der Waals surface area (Å²) in [6.45, 7) is 1.94. The van der Waals surface area contributed by atoms with Crippen molar-refractivity contribution in [1.29, 1.82) is 0 Å². The lowest BCUT2D eigenvalue weighted by atomic mass is 9.99. The van der Waals surface area contributed by atoms with Crippen LogP contribution < -0.4 is 0 Å². The van der Waals surface area contributed by atoms with E-state index >= 15 is 0 Å². The van der Waals surface area contributed by atoms with E-state index in [0.29, 0.717) is 6.42 Å². The number of hydrogen-bond acceptors (Lipinski definition) is 4. The summed E-state index contributed by atoms with van der Waals surface area (Å²) in [5.74, 6) is 0.234. The van der Waals surface area contributed by atoms with Crippen LogP contribution in [-0.2, 0) is 9.84 Å². The van der Waals surface area contributed by atoms with E-state index in [0.717, 1.165) is 10.4 Å². The van der Waals surface area contributed by atoms with Crippen molar-refractivity contribution in [3.8, 4) is 0 Å². The van der Waals surface area contributed by atoms with Gasteiger partial charge in [0.2, 0.25) is 0 Å². The van der Waals surface area contributed by atoms with Crippen LogP contribution in [0.1, 0.15) is 23.0 Å².